The number of hydrogen-bond donors (Lipinski definition) is 0. The van der Waals surface area contributed by atoms with Crippen molar-refractivity contribution < 1.29 is 19.2 Å². The van der Waals surface area contributed by atoms with Gasteiger partial charge in [-0.3, -0.25) is 19.2 Å². The number of benzene rings is 3. The molecule has 3 aromatic carbocycles. The van der Waals surface area contributed by atoms with E-state index in [-0.39, 0.29) is 73.8 Å². The Balaban J connectivity index is 1.70. The van der Waals surface area contributed by atoms with Gasteiger partial charge < -0.3 is 0 Å². The van der Waals surface area contributed by atoms with Gasteiger partial charge in [-0.1, -0.05) is 105 Å². The highest BCUT2D eigenvalue weighted by Crippen LogP contribution is 2.49. The number of anilines is 2. The molecule has 2 heterocycles. The normalized spacial score (nSPS) is 14.8. The van der Waals surface area contributed by atoms with Gasteiger partial charge in [0.15, 0.2) is 0 Å². The summed E-state index contributed by atoms with van der Waals surface area (Å²) in [6.45, 7) is 0. The van der Waals surface area contributed by atoms with Crippen LogP contribution in [-0.4, -0.2) is 23.6 Å². The Morgan fingerprint density at radius 1 is 0.389 bits per heavy atom. The van der Waals surface area contributed by atoms with Crippen molar-refractivity contribution in [1.29, 1.82) is 0 Å². The first-order valence-electron chi connectivity index (χ1n) is 9.50. The fourth-order valence-corrected chi connectivity index (χ4v) is 6.01. The maximum atomic E-state index is 13.4. The van der Waals surface area contributed by atoms with Gasteiger partial charge in [0.05, 0.1) is 73.8 Å². The van der Waals surface area contributed by atoms with Gasteiger partial charge in [0.1, 0.15) is 0 Å². The minimum Gasteiger partial charge on any atom is -0.268 e. The Morgan fingerprint density at radius 3 is 0.833 bits per heavy atom. The summed E-state index contributed by atoms with van der Waals surface area (Å²) in [5.41, 5.74) is -1.37. The van der Waals surface area contributed by atoms with E-state index in [2.05, 4.69) is 0 Å². The van der Waals surface area contributed by atoms with Crippen LogP contribution in [0.25, 0.3) is 0 Å². The highest BCUT2D eigenvalue weighted by Gasteiger charge is 2.47. The van der Waals surface area contributed by atoms with Gasteiger partial charge in [0.25, 0.3) is 23.6 Å². The molecule has 0 unspecified atom stereocenters. The van der Waals surface area contributed by atoms with Crippen LogP contribution < -0.4 is 9.80 Å². The van der Waals surface area contributed by atoms with Crippen molar-refractivity contribution in [1.82, 2.24) is 0 Å². The molecule has 182 valence electrons. The summed E-state index contributed by atoms with van der Waals surface area (Å²) in [5, 5.41) is -1.95. The second-order valence-electron chi connectivity index (χ2n) is 7.39. The molecule has 0 saturated carbocycles. The summed E-state index contributed by atoms with van der Waals surface area (Å²) in [5.74, 6) is -3.59. The molecule has 0 fully saturated rings. The lowest BCUT2D eigenvalue weighted by Crippen LogP contribution is -2.35. The van der Waals surface area contributed by atoms with Gasteiger partial charge in [-0.15, -0.1) is 0 Å². The van der Waals surface area contributed by atoms with Crippen LogP contribution in [0.4, 0.5) is 11.4 Å². The summed E-state index contributed by atoms with van der Waals surface area (Å²) in [6.07, 6.45) is 0. The maximum Gasteiger partial charge on any atom is 0.267 e. The molecule has 3 aromatic rings. The number of carbonyl (C=O) groups excluding carboxylic acids is 4. The Bertz CT molecular complexity index is 1410. The first-order valence-corrected chi connectivity index (χ1v) is 12.5. The fraction of sp³-hybridized carbons (Fsp3) is 0. The number of fused-ring (bicyclic) bond motifs is 2. The molecule has 4 amide bonds. The lowest BCUT2D eigenvalue weighted by Gasteiger charge is -2.22. The van der Waals surface area contributed by atoms with Gasteiger partial charge in [-0.2, -0.15) is 0 Å². The summed E-state index contributed by atoms with van der Waals surface area (Å²) >= 11 is 49.2. The molecule has 6 nitrogen and oxygen atoms in total. The quantitative estimate of drug-likeness (QED) is 0.159. The van der Waals surface area contributed by atoms with Crippen LogP contribution in [-0.2, 0) is 0 Å². The van der Waals surface area contributed by atoms with E-state index in [9.17, 15) is 19.2 Å². The van der Waals surface area contributed by atoms with E-state index in [0.717, 1.165) is 0 Å². The largest absolute Gasteiger partial charge is 0.268 e. The van der Waals surface area contributed by atoms with Gasteiger partial charge in [0.2, 0.25) is 0 Å². The highest BCUT2D eigenvalue weighted by atomic mass is 35.5. The zero-order valence-corrected chi connectivity index (χ0v) is 22.9. The zero-order chi connectivity index (χ0) is 26.4. The molecule has 0 spiro atoms. The van der Waals surface area contributed by atoms with Crippen LogP contribution >= 0.6 is 92.8 Å². The van der Waals surface area contributed by atoms with E-state index in [1.165, 1.54) is 24.3 Å². The second-order valence-corrected chi connectivity index (χ2v) is 10.4. The Labute approximate surface area is 242 Å². The number of para-hydroxylation sites is 2. The molecule has 2 aliphatic heterocycles. The number of hydrogen-bond acceptors (Lipinski definition) is 4. The van der Waals surface area contributed by atoms with Gasteiger partial charge in [-0.05, 0) is 12.1 Å². The summed E-state index contributed by atoms with van der Waals surface area (Å²) < 4.78 is 0. The number of imide groups is 2. The van der Waals surface area contributed by atoms with Crippen molar-refractivity contribution >= 4 is 128 Å². The smallest absolute Gasteiger partial charge is 0.267 e. The molecule has 0 N–H and O–H groups in total. The van der Waals surface area contributed by atoms with Crippen molar-refractivity contribution in [2.24, 2.45) is 0 Å². The van der Waals surface area contributed by atoms with Crippen LogP contribution in [0.3, 0.4) is 0 Å². The third kappa shape index (κ3) is 3.33. The van der Waals surface area contributed by atoms with Crippen LogP contribution in [0.1, 0.15) is 41.4 Å². The third-order valence-electron chi connectivity index (χ3n) is 5.57. The number of amides is 4. The van der Waals surface area contributed by atoms with E-state index in [4.69, 9.17) is 92.8 Å². The van der Waals surface area contributed by atoms with Crippen molar-refractivity contribution in [2.45, 2.75) is 0 Å². The second kappa shape index (κ2) is 8.93. The third-order valence-corrected chi connectivity index (χ3v) is 9.17. The SMILES string of the molecule is O=C1c2c(Cl)c(Cl)c(Cl)c(Cl)c2C(=O)N1c1ccccc1N1C(=O)c2c(Cl)c(Cl)c(Cl)c(Cl)c2C1=O. The Kier molecular flexibility index (Phi) is 6.42. The molecule has 2 aliphatic rings. The average molecular weight is 644 g/mol. The molecule has 14 heteroatoms. The average Bonchev–Trinajstić information content (AvgIpc) is 3.27. The summed E-state index contributed by atoms with van der Waals surface area (Å²) in [4.78, 5) is 55.0. The number of nitrogens with zero attached hydrogens (tertiary/aromatic N) is 2. The number of carbonyl (C=O) groups is 4. The zero-order valence-electron chi connectivity index (χ0n) is 16.9. The molecule has 0 aliphatic carbocycles. The Morgan fingerprint density at radius 2 is 0.611 bits per heavy atom. The Hall–Kier alpha value is -1.74. The van der Waals surface area contributed by atoms with Crippen LogP contribution in [0.15, 0.2) is 24.3 Å². The van der Waals surface area contributed by atoms with Gasteiger partial charge in [0, 0.05) is 0 Å². The van der Waals surface area contributed by atoms with Crippen molar-refractivity contribution in [3.05, 3.63) is 86.7 Å². The number of rotatable bonds is 2. The monoisotopic (exact) mass is 640 g/mol. The lowest BCUT2D eigenvalue weighted by molar-refractivity contribution is 0.0904. The molecule has 5 rings (SSSR count). The van der Waals surface area contributed by atoms with Crippen LogP contribution in [0.2, 0.25) is 40.2 Å². The number of halogens is 8. The molecule has 0 saturated heterocycles. The minimum atomic E-state index is -0.897. The molecule has 0 bridgehead atoms. The summed E-state index contributed by atoms with van der Waals surface area (Å²) in [6, 6.07) is 5.65. The maximum absolute atomic E-state index is 13.4. The predicted octanol–water partition coefficient (Wildman–Crippen LogP) is 8.51. The molecule has 36 heavy (non-hydrogen) atoms. The van der Waals surface area contributed by atoms with E-state index in [1.54, 1.807) is 0 Å². The van der Waals surface area contributed by atoms with Gasteiger partial charge in [-0.25, -0.2) is 9.80 Å². The van der Waals surface area contributed by atoms with E-state index in [0.29, 0.717) is 9.80 Å². The molecule has 0 radical (unpaired) electrons. The predicted molar refractivity (Wildman–Crippen MR) is 142 cm³/mol. The minimum absolute atomic E-state index is 0.137. The first-order chi connectivity index (χ1) is 16.9. The topological polar surface area (TPSA) is 74.8 Å². The van der Waals surface area contributed by atoms with Crippen LogP contribution in [0, 0.1) is 0 Å². The molecular formula is C22H4Cl8N2O4. The molecule has 0 atom stereocenters. The highest BCUT2D eigenvalue weighted by molar-refractivity contribution is 6.58. The fourth-order valence-electron chi connectivity index (χ4n) is 3.98. The van der Waals surface area contributed by atoms with E-state index in [1.807, 2.05) is 0 Å². The van der Waals surface area contributed by atoms with Gasteiger partial charge >= 0.3 is 0 Å². The molecular weight excluding hydrogens is 640 g/mol. The molecule has 0 aromatic heterocycles. The first kappa shape index (κ1) is 25.9. The standard InChI is InChI=1S/C22H4Cl8N2O4/c23-11-7-8(12(24)16(28)15(11)27)20(34)31(19(7)33)5-3-1-2-4-6(5)32-21(35)9-10(22(32)36)14(26)18(30)17(29)13(9)25/h1-4H. The van der Waals surface area contributed by atoms with Crippen molar-refractivity contribution in [2.75, 3.05) is 9.80 Å². The van der Waals surface area contributed by atoms with Crippen molar-refractivity contribution in [3.8, 4) is 0 Å². The summed E-state index contributed by atoms with van der Waals surface area (Å²) in [7, 11) is 0. The van der Waals surface area contributed by atoms with E-state index < -0.39 is 23.6 Å². The van der Waals surface area contributed by atoms with Crippen LogP contribution in [0.5, 0.6) is 0 Å². The van der Waals surface area contributed by atoms with Crippen molar-refractivity contribution in [3.63, 3.8) is 0 Å². The van der Waals surface area contributed by atoms with E-state index >= 15 is 0 Å². The lowest BCUT2D eigenvalue weighted by atomic mass is 10.1.